The van der Waals surface area contributed by atoms with Gasteiger partial charge in [-0.3, -0.25) is 9.97 Å². The lowest BCUT2D eigenvalue weighted by atomic mass is 9.86. The average molecular weight is 569 g/mol. The zero-order valence-electron chi connectivity index (χ0n) is 24.4. The molecule has 0 bridgehead atoms. The van der Waals surface area contributed by atoms with Crippen molar-refractivity contribution in [2.45, 2.75) is 0 Å². The second kappa shape index (κ2) is 10.5. The number of nitrogens with zero attached hydrogens (tertiary/aromatic N) is 2. The summed E-state index contributed by atoms with van der Waals surface area (Å²) < 4.78 is 12.7. The van der Waals surface area contributed by atoms with Gasteiger partial charge in [-0.1, -0.05) is 84.9 Å². The molecule has 44 heavy (non-hydrogen) atoms. The molecule has 0 atom stereocenters. The van der Waals surface area contributed by atoms with E-state index in [-0.39, 0.29) is 0 Å². The summed E-state index contributed by atoms with van der Waals surface area (Å²) in [6.07, 6.45) is 3.87. The Bertz CT molecular complexity index is 2210. The quantitative estimate of drug-likeness (QED) is 0.207. The molecule has 8 rings (SSSR count). The maximum Gasteiger partial charge on any atom is 0.135 e. The second-order valence-electron chi connectivity index (χ2n) is 10.9. The van der Waals surface area contributed by atoms with Gasteiger partial charge in [0, 0.05) is 56.5 Å². The van der Waals surface area contributed by atoms with Gasteiger partial charge in [0.1, 0.15) is 11.5 Å². The third-order valence-electron chi connectivity index (χ3n) is 8.46. The Balaban J connectivity index is 1.50. The number of pyridine rings is 2. The van der Waals surface area contributed by atoms with Crippen LogP contribution in [0.5, 0.6) is 11.5 Å². The van der Waals surface area contributed by atoms with E-state index in [2.05, 4.69) is 84.9 Å². The van der Waals surface area contributed by atoms with Crippen LogP contribution in [0, 0.1) is 0 Å². The summed E-state index contributed by atoms with van der Waals surface area (Å²) in [6.45, 7) is 0. The fraction of sp³-hybridized carbons (Fsp3) is 0.0500. The Morgan fingerprint density at radius 3 is 1.25 bits per heavy atom. The van der Waals surface area contributed by atoms with E-state index in [1.165, 1.54) is 0 Å². The first-order chi connectivity index (χ1) is 21.7. The van der Waals surface area contributed by atoms with Gasteiger partial charge in [0.05, 0.1) is 25.3 Å². The van der Waals surface area contributed by atoms with E-state index in [1.54, 1.807) is 14.2 Å². The maximum absolute atomic E-state index is 6.36. The molecule has 2 heterocycles. The van der Waals surface area contributed by atoms with Crippen LogP contribution < -0.4 is 9.47 Å². The van der Waals surface area contributed by atoms with E-state index >= 15 is 0 Å². The number of fused-ring (bicyclic) bond motifs is 4. The summed E-state index contributed by atoms with van der Waals surface area (Å²) in [7, 11) is 3.49. The molecular formula is C40H28N2O2. The van der Waals surface area contributed by atoms with E-state index < -0.39 is 0 Å². The number of aromatic nitrogens is 2. The summed E-state index contributed by atoms with van der Waals surface area (Å²) in [5.41, 5.74) is 7.82. The van der Waals surface area contributed by atoms with Crippen molar-refractivity contribution in [3.8, 4) is 44.9 Å². The highest BCUT2D eigenvalue weighted by atomic mass is 16.5. The minimum Gasteiger partial charge on any atom is -0.495 e. The van der Waals surface area contributed by atoms with Crippen LogP contribution >= 0.6 is 0 Å². The largest absolute Gasteiger partial charge is 0.495 e. The molecule has 0 amide bonds. The molecule has 0 N–H and O–H groups in total. The Kier molecular flexibility index (Phi) is 6.20. The van der Waals surface area contributed by atoms with Crippen LogP contribution in [0.15, 0.2) is 134 Å². The predicted octanol–water partition coefficient (Wildman–Crippen LogP) is 10.1. The third kappa shape index (κ3) is 4.15. The van der Waals surface area contributed by atoms with Crippen LogP contribution in [0.2, 0.25) is 0 Å². The molecule has 0 aliphatic carbocycles. The molecule has 0 saturated carbocycles. The highest BCUT2D eigenvalue weighted by molar-refractivity contribution is 6.14. The lowest BCUT2D eigenvalue weighted by Crippen LogP contribution is -1.99. The van der Waals surface area contributed by atoms with Gasteiger partial charge in [-0.15, -0.1) is 0 Å². The second-order valence-corrected chi connectivity index (χ2v) is 10.9. The lowest BCUT2D eigenvalue weighted by molar-refractivity contribution is 0.413. The van der Waals surface area contributed by atoms with Crippen molar-refractivity contribution in [3.63, 3.8) is 0 Å². The maximum atomic E-state index is 6.36. The van der Waals surface area contributed by atoms with E-state index in [0.29, 0.717) is 0 Å². The number of benzene rings is 6. The summed E-state index contributed by atoms with van der Waals surface area (Å²) in [4.78, 5) is 9.58. The zero-order chi connectivity index (χ0) is 29.6. The Morgan fingerprint density at radius 2 is 0.818 bits per heavy atom. The first kappa shape index (κ1) is 25.9. The van der Waals surface area contributed by atoms with Crippen molar-refractivity contribution in [3.05, 3.63) is 134 Å². The normalized spacial score (nSPS) is 11.4. The van der Waals surface area contributed by atoms with Crippen molar-refractivity contribution in [2.24, 2.45) is 0 Å². The molecule has 0 aliphatic rings. The van der Waals surface area contributed by atoms with Crippen LogP contribution in [-0.4, -0.2) is 24.2 Å². The fourth-order valence-electron chi connectivity index (χ4n) is 6.44. The van der Waals surface area contributed by atoms with Gasteiger partial charge in [-0.05, 0) is 57.9 Å². The average Bonchev–Trinajstić information content (AvgIpc) is 3.09. The van der Waals surface area contributed by atoms with Crippen LogP contribution in [0.25, 0.3) is 76.7 Å². The SMILES string of the molecule is COc1c(-c2cnc3ccccc3c2)cc2ccccc2c1-c1c(OC)c(-c2cnc3ccccc3c2)cc2ccccc12. The topological polar surface area (TPSA) is 44.2 Å². The van der Waals surface area contributed by atoms with Gasteiger partial charge in [0.25, 0.3) is 0 Å². The van der Waals surface area contributed by atoms with Crippen molar-refractivity contribution in [2.75, 3.05) is 14.2 Å². The van der Waals surface area contributed by atoms with Gasteiger partial charge in [-0.2, -0.15) is 0 Å². The van der Waals surface area contributed by atoms with Crippen LogP contribution in [0.1, 0.15) is 0 Å². The number of hydrogen-bond acceptors (Lipinski definition) is 4. The molecule has 0 unspecified atom stereocenters. The number of rotatable bonds is 5. The molecule has 8 aromatic rings. The molecule has 0 spiro atoms. The highest BCUT2D eigenvalue weighted by Gasteiger charge is 2.25. The van der Waals surface area contributed by atoms with Crippen molar-refractivity contribution < 1.29 is 9.47 Å². The molecular weight excluding hydrogens is 540 g/mol. The van der Waals surface area contributed by atoms with Gasteiger partial charge >= 0.3 is 0 Å². The molecule has 0 radical (unpaired) electrons. The fourth-order valence-corrected chi connectivity index (χ4v) is 6.44. The predicted molar refractivity (Wildman–Crippen MR) is 181 cm³/mol. The molecule has 4 heteroatoms. The standard InChI is InChI=1S/C40H28N2O2/c1-43-39-33(29-19-27-13-5-9-17-35(27)41-23-29)21-25-11-3-7-15-31(25)37(39)38-32-16-8-4-12-26(32)22-34(40(38)44-2)30-20-28-14-6-10-18-36(28)42-24-30/h3-24H,1-2H3. The Morgan fingerprint density at radius 1 is 0.432 bits per heavy atom. The number of methoxy groups -OCH3 is 2. The smallest absolute Gasteiger partial charge is 0.135 e. The van der Waals surface area contributed by atoms with Crippen LogP contribution in [0.4, 0.5) is 0 Å². The molecule has 0 aliphatic heterocycles. The van der Waals surface area contributed by atoms with E-state index in [0.717, 1.165) is 88.2 Å². The first-order valence-corrected chi connectivity index (χ1v) is 14.6. The summed E-state index contributed by atoms with van der Waals surface area (Å²) >= 11 is 0. The lowest BCUT2D eigenvalue weighted by Gasteiger charge is -2.22. The van der Waals surface area contributed by atoms with Gasteiger partial charge in [0.15, 0.2) is 0 Å². The summed E-state index contributed by atoms with van der Waals surface area (Å²) in [5, 5.41) is 6.54. The van der Waals surface area contributed by atoms with Crippen LogP contribution in [0.3, 0.4) is 0 Å². The Labute approximate surface area is 255 Å². The molecule has 0 fully saturated rings. The number of hydrogen-bond donors (Lipinski definition) is 0. The summed E-state index contributed by atoms with van der Waals surface area (Å²) in [5.74, 6) is 1.55. The minimum absolute atomic E-state index is 0.776. The van der Waals surface area contributed by atoms with Gasteiger partial charge < -0.3 is 9.47 Å². The van der Waals surface area contributed by atoms with Gasteiger partial charge in [-0.25, -0.2) is 0 Å². The third-order valence-corrected chi connectivity index (χ3v) is 8.46. The van der Waals surface area contributed by atoms with Crippen molar-refractivity contribution in [1.82, 2.24) is 9.97 Å². The molecule has 0 saturated heterocycles. The van der Waals surface area contributed by atoms with Crippen molar-refractivity contribution >= 4 is 43.4 Å². The zero-order valence-corrected chi connectivity index (χ0v) is 24.4. The van der Waals surface area contributed by atoms with E-state index in [9.17, 15) is 0 Å². The highest BCUT2D eigenvalue weighted by Crippen LogP contribution is 2.52. The molecule has 210 valence electrons. The number of para-hydroxylation sites is 2. The van der Waals surface area contributed by atoms with E-state index in [4.69, 9.17) is 19.4 Å². The van der Waals surface area contributed by atoms with Gasteiger partial charge in [0.2, 0.25) is 0 Å². The van der Waals surface area contributed by atoms with E-state index in [1.807, 2.05) is 48.8 Å². The monoisotopic (exact) mass is 568 g/mol. The molecule has 4 nitrogen and oxygen atoms in total. The van der Waals surface area contributed by atoms with Crippen molar-refractivity contribution in [1.29, 1.82) is 0 Å². The minimum atomic E-state index is 0.776. The molecule has 6 aromatic carbocycles. The summed E-state index contributed by atoms with van der Waals surface area (Å²) in [6, 6.07) is 42.1. The number of ether oxygens (including phenoxy) is 2. The molecule has 2 aromatic heterocycles. The van der Waals surface area contributed by atoms with Crippen LogP contribution in [-0.2, 0) is 0 Å². The first-order valence-electron chi connectivity index (χ1n) is 14.6. The Hall–Kier alpha value is -5.74.